The molecular formula is C15H20N2O4. The van der Waals surface area contributed by atoms with Crippen molar-refractivity contribution in [3.63, 3.8) is 0 Å². The van der Waals surface area contributed by atoms with E-state index >= 15 is 0 Å². The van der Waals surface area contributed by atoms with Crippen molar-refractivity contribution in [3.8, 4) is 11.5 Å². The van der Waals surface area contributed by atoms with E-state index < -0.39 is 6.03 Å². The minimum absolute atomic E-state index is 0.243. The van der Waals surface area contributed by atoms with Crippen LogP contribution in [0.25, 0.3) is 0 Å². The number of carbonyl (C=O) groups excluding carboxylic acids is 2. The van der Waals surface area contributed by atoms with Crippen molar-refractivity contribution < 1.29 is 19.1 Å². The lowest BCUT2D eigenvalue weighted by Crippen LogP contribution is -2.53. The molecule has 1 fully saturated rings. The number of carbonyl (C=O) groups is 2. The number of nitrogens with one attached hydrogen (secondary N) is 1. The third kappa shape index (κ3) is 3.26. The number of amides is 3. The second-order valence-electron chi connectivity index (χ2n) is 4.80. The first-order valence-corrected chi connectivity index (χ1v) is 7.08. The van der Waals surface area contributed by atoms with Gasteiger partial charge in [0.15, 0.2) is 11.5 Å². The summed E-state index contributed by atoms with van der Waals surface area (Å²) in [4.78, 5) is 25.0. The number of benzene rings is 1. The zero-order valence-electron chi connectivity index (χ0n) is 12.5. The van der Waals surface area contributed by atoms with Gasteiger partial charge >= 0.3 is 6.03 Å². The van der Waals surface area contributed by atoms with Crippen molar-refractivity contribution in [2.75, 3.05) is 24.7 Å². The van der Waals surface area contributed by atoms with E-state index in [1.807, 2.05) is 13.8 Å². The number of hydrogen-bond donors (Lipinski definition) is 1. The monoisotopic (exact) mass is 292 g/mol. The molecule has 1 N–H and O–H groups in total. The number of urea groups is 1. The largest absolute Gasteiger partial charge is 0.490 e. The summed E-state index contributed by atoms with van der Waals surface area (Å²) in [5.41, 5.74) is 0.679. The highest BCUT2D eigenvalue weighted by atomic mass is 16.5. The van der Waals surface area contributed by atoms with E-state index in [9.17, 15) is 9.59 Å². The maximum absolute atomic E-state index is 12.0. The molecule has 0 saturated carbocycles. The smallest absolute Gasteiger partial charge is 0.328 e. The molecule has 1 aromatic rings. The minimum Gasteiger partial charge on any atom is -0.490 e. The molecule has 1 heterocycles. The van der Waals surface area contributed by atoms with Gasteiger partial charge in [0.25, 0.3) is 0 Å². The minimum atomic E-state index is -0.412. The van der Waals surface area contributed by atoms with Crippen LogP contribution in [0, 0.1) is 5.92 Å². The molecule has 21 heavy (non-hydrogen) atoms. The summed E-state index contributed by atoms with van der Waals surface area (Å²) < 4.78 is 11.1. The van der Waals surface area contributed by atoms with E-state index in [0.29, 0.717) is 36.9 Å². The molecule has 114 valence electrons. The molecule has 1 aliphatic rings. The topological polar surface area (TPSA) is 67.9 Å². The van der Waals surface area contributed by atoms with E-state index in [2.05, 4.69) is 5.32 Å². The van der Waals surface area contributed by atoms with E-state index in [4.69, 9.17) is 9.47 Å². The molecule has 0 radical (unpaired) electrons. The normalized spacial score (nSPS) is 18.4. The van der Waals surface area contributed by atoms with E-state index in [1.54, 1.807) is 25.1 Å². The Kier molecular flexibility index (Phi) is 4.67. The zero-order chi connectivity index (χ0) is 15.4. The van der Waals surface area contributed by atoms with Gasteiger partial charge in [-0.1, -0.05) is 6.92 Å². The number of rotatable bonds is 5. The standard InChI is InChI=1S/C15H20N2O4/c1-4-20-12-7-6-11(8-13(12)21-5-2)17-9-10(3)14(18)16-15(17)19/h6-8,10H,4-5,9H2,1-3H3,(H,16,18,19). The van der Waals surface area contributed by atoms with Crippen molar-refractivity contribution in [1.82, 2.24) is 5.32 Å². The van der Waals surface area contributed by atoms with Crippen LogP contribution in [0.2, 0.25) is 0 Å². The zero-order valence-corrected chi connectivity index (χ0v) is 12.5. The number of imide groups is 1. The van der Waals surface area contributed by atoms with Gasteiger partial charge in [0.2, 0.25) is 5.91 Å². The van der Waals surface area contributed by atoms with Crippen LogP contribution in [0.15, 0.2) is 18.2 Å². The van der Waals surface area contributed by atoms with Crippen LogP contribution in [0.4, 0.5) is 10.5 Å². The molecule has 1 unspecified atom stereocenters. The third-order valence-corrected chi connectivity index (χ3v) is 3.22. The first-order valence-electron chi connectivity index (χ1n) is 7.08. The fourth-order valence-electron chi connectivity index (χ4n) is 2.17. The highest BCUT2D eigenvalue weighted by molar-refractivity contribution is 6.06. The fraction of sp³-hybridized carbons (Fsp3) is 0.467. The predicted molar refractivity (Wildman–Crippen MR) is 78.8 cm³/mol. The molecule has 0 spiro atoms. The van der Waals surface area contributed by atoms with Crippen molar-refractivity contribution in [2.24, 2.45) is 5.92 Å². The molecule has 0 bridgehead atoms. The van der Waals surface area contributed by atoms with Gasteiger partial charge in [-0.3, -0.25) is 15.0 Å². The Morgan fingerprint density at radius 1 is 1.19 bits per heavy atom. The number of anilines is 1. The molecule has 6 nitrogen and oxygen atoms in total. The Balaban J connectivity index is 2.29. The summed E-state index contributed by atoms with van der Waals surface area (Å²) in [7, 11) is 0. The van der Waals surface area contributed by atoms with Crippen molar-refractivity contribution in [2.45, 2.75) is 20.8 Å². The lowest BCUT2D eigenvalue weighted by Gasteiger charge is -2.30. The Morgan fingerprint density at radius 3 is 2.52 bits per heavy atom. The summed E-state index contributed by atoms with van der Waals surface area (Å²) in [5.74, 6) is 0.746. The Morgan fingerprint density at radius 2 is 1.86 bits per heavy atom. The number of ether oxygens (including phenoxy) is 2. The van der Waals surface area contributed by atoms with Gasteiger partial charge in [-0.15, -0.1) is 0 Å². The molecular weight excluding hydrogens is 272 g/mol. The summed E-state index contributed by atoms with van der Waals surface area (Å²) in [6.45, 7) is 6.96. The second kappa shape index (κ2) is 6.47. The molecule has 1 aromatic carbocycles. The Bertz CT molecular complexity index is 544. The lowest BCUT2D eigenvalue weighted by molar-refractivity contribution is -0.123. The molecule has 2 rings (SSSR count). The van der Waals surface area contributed by atoms with Gasteiger partial charge in [0, 0.05) is 18.3 Å². The van der Waals surface area contributed by atoms with Crippen LogP contribution in [0.1, 0.15) is 20.8 Å². The maximum Gasteiger partial charge on any atom is 0.328 e. The first kappa shape index (κ1) is 15.2. The predicted octanol–water partition coefficient (Wildman–Crippen LogP) is 2.18. The SMILES string of the molecule is CCOc1ccc(N2CC(C)C(=O)NC2=O)cc1OCC. The van der Waals surface area contributed by atoms with Crippen LogP contribution in [-0.4, -0.2) is 31.7 Å². The van der Waals surface area contributed by atoms with Gasteiger partial charge in [-0.25, -0.2) is 4.79 Å². The first-order chi connectivity index (χ1) is 10.1. The van der Waals surface area contributed by atoms with Crippen molar-refractivity contribution >= 4 is 17.6 Å². The van der Waals surface area contributed by atoms with Gasteiger partial charge in [0.05, 0.1) is 19.1 Å². The van der Waals surface area contributed by atoms with Crippen LogP contribution in [0.3, 0.4) is 0 Å². The maximum atomic E-state index is 12.0. The number of hydrogen-bond acceptors (Lipinski definition) is 4. The highest BCUT2D eigenvalue weighted by Crippen LogP contribution is 2.33. The Labute approximate surface area is 124 Å². The van der Waals surface area contributed by atoms with Crippen LogP contribution in [0.5, 0.6) is 11.5 Å². The van der Waals surface area contributed by atoms with E-state index in [1.165, 1.54) is 4.90 Å². The van der Waals surface area contributed by atoms with Crippen molar-refractivity contribution in [1.29, 1.82) is 0 Å². The van der Waals surface area contributed by atoms with Crippen LogP contribution in [-0.2, 0) is 4.79 Å². The van der Waals surface area contributed by atoms with Gasteiger partial charge in [-0.05, 0) is 26.0 Å². The third-order valence-electron chi connectivity index (χ3n) is 3.22. The molecule has 1 saturated heterocycles. The summed E-state index contributed by atoms with van der Waals surface area (Å²) in [5, 5.41) is 2.34. The highest BCUT2D eigenvalue weighted by Gasteiger charge is 2.30. The van der Waals surface area contributed by atoms with Crippen LogP contribution < -0.4 is 19.7 Å². The molecule has 0 aliphatic carbocycles. The van der Waals surface area contributed by atoms with E-state index in [-0.39, 0.29) is 11.8 Å². The summed E-state index contributed by atoms with van der Waals surface area (Å²) >= 11 is 0. The molecule has 1 aliphatic heterocycles. The van der Waals surface area contributed by atoms with E-state index in [0.717, 1.165) is 0 Å². The molecule has 1 atom stereocenters. The lowest BCUT2D eigenvalue weighted by atomic mass is 10.1. The Hall–Kier alpha value is -2.24. The van der Waals surface area contributed by atoms with Crippen molar-refractivity contribution in [3.05, 3.63) is 18.2 Å². The van der Waals surface area contributed by atoms with Gasteiger partial charge < -0.3 is 9.47 Å². The van der Waals surface area contributed by atoms with Gasteiger partial charge in [0.1, 0.15) is 0 Å². The molecule has 6 heteroatoms. The average Bonchev–Trinajstić information content (AvgIpc) is 2.45. The van der Waals surface area contributed by atoms with Crippen LogP contribution >= 0.6 is 0 Å². The van der Waals surface area contributed by atoms with Gasteiger partial charge in [-0.2, -0.15) is 0 Å². The fourth-order valence-corrected chi connectivity index (χ4v) is 2.17. The second-order valence-corrected chi connectivity index (χ2v) is 4.80. The molecule has 0 aromatic heterocycles. The summed E-state index contributed by atoms with van der Waals surface area (Å²) in [6.07, 6.45) is 0. The number of nitrogens with zero attached hydrogens (tertiary/aromatic N) is 1. The summed E-state index contributed by atoms with van der Waals surface area (Å²) in [6, 6.07) is 4.91. The quantitative estimate of drug-likeness (QED) is 0.903. The average molecular weight is 292 g/mol. The molecule has 3 amide bonds.